The van der Waals surface area contributed by atoms with Crippen LogP contribution in [-0.4, -0.2) is 11.5 Å². The average molecular weight is 227 g/mol. The van der Waals surface area contributed by atoms with Gasteiger partial charge in [0.2, 0.25) is 0 Å². The van der Waals surface area contributed by atoms with Crippen molar-refractivity contribution in [2.24, 2.45) is 0 Å². The van der Waals surface area contributed by atoms with E-state index >= 15 is 0 Å². The Morgan fingerprint density at radius 3 is 2.87 bits per heavy atom. The highest BCUT2D eigenvalue weighted by atomic mass is 35.5. The smallest absolute Gasteiger partial charge is 0.270 e. The zero-order chi connectivity index (χ0) is 11.3. The topological polar surface area (TPSA) is 55.2 Å². The Hall–Kier alpha value is -1.39. The van der Waals surface area contributed by atoms with Gasteiger partial charge in [0.05, 0.1) is 9.95 Å². The second-order valence-corrected chi connectivity index (χ2v) is 3.36. The minimum Gasteiger partial charge on any atom is -0.309 e. The number of nitrogens with one attached hydrogen (secondary N) is 1. The molecule has 0 unspecified atom stereocenters. The maximum atomic E-state index is 10.4. The van der Waals surface area contributed by atoms with Crippen molar-refractivity contribution in [1.82, 2.24) is 5.32 Å². The second-order valence-electron chi connectivity index (χ2n) is 2.95. The monoisotopic (exact) mass is 226 g/mol. The van der Waals surface area contributed by atoms with Crippen LogP contribution >= 0.6 is 11.6 Å². The predicted molar refractivity (Wildman–Crippen MR) is 60.0 cm³/mol. The summed E-state index contributed by atoms with van der Waals surface area (Å²) in [6.07, 6.45) is 1.74. The minimum absolute atomic E-state index is 0.00692. The van der Waals surface area contributed by atoms with Crippen LogP contribution in [0, 0.1) is 10.1 Å². The van der Waals surface area contributed by atoms with E-state index in [1.807, 2.05) is 0 Å². The van der Waals surface area contributed by atoms with Crippen molar-refractivity contribution in [3.05, 3.63) is 51.6 Å². The summed E-state index contributed by atoms with van der Waals surface area (Å²) in [5.41, 5.74) is 0.844. The van der Waals surface area contributed by atoms with Crippen molar-refractivity contribution in [3.63, 3.8) is 0 Å². The fraction of sp³-hybridized carbons (Fsp3) is 0.200. The molecule has 4 nitrogen and oxygen atoms in total. The molecule has 0 fully saturated rings. The van der Waals surface area contributed by atoms with Gasteiger partial charge in [-0.05, 0) is 11.6 Å². The van der Waals surface area contributed by atoms with Gasteiger partial charge >= 0.3 is 0 Å². The van der Waals surface area contributed by atoms with Crippen molar-refractivity contribution in [2.45, 2.75) is 6.54 Å². The zero-order valence-electron chi connectivity index (χ0n) is 8.07. The van der Waals surface area contributed by atoms with Crippen molar-refractivity contribution in [1.29, 1.82) is 0 Å². The molecule has 0 aliphatic heterocycles. The van der Waals surface area contributed by atoms with Crippen LogP contribution in [0.1, 0.15) is 5.56 Å². The van der Waals surface area contributed by atoms with Crippen LogP contribution in [0.15, 0.2) is 30.9 Å². The largest absolute Gasteiger partial charge is 0.309 e. The summed E-state index contributed by atoms with van der Waals surface area (Å²) in [6, 6.07) is 4.44. The third kappa shape index (κ3) is 3.34. The lowest BCUT2D eigenvalue weighted by Gasteiger charge is -2.04. The highest BCUT2D eigenvalue weighted by molar-refractivity contribution is 6.31. The Labute approximate surface area is 92.7 Å². The molecule has 1 rings (SSSR count). The summed E-state index contributed by atoms with van der Waals surface area (Å²) < 4.78 is 0. The van der Waals surface area contributed by atoms with E-state index in [4.69, 9.17) is 11.6 Å². The summed E-state index contributed by atoms with van der Waals surface area (Å²) in [5.74, 6) is 0. The van der Waals surface area contributed by atoms with Crippen LogP contribution in [-0.2, 0) is 6.54 Å². The number of benzene rings is 1. The molecule has 0 aliphatic rings. The predicted octanol–water partition coefficient (Wildman–Crippen LogP) is 2.52. The number of nitro groups is 1. The van der Waals surface area contributed by atoms with E-state index in [9.17, 15) is 10.1 Å². The molecule has 0 aromatic heterocycles. The van der Waals surface area contributed by atoms with Crippen molar-refractivity contribution in [2.75, 3.05) is 6.54 Å². The van der Waals surface area contributed by atoms with Gasteiger partial charge in [-0.2, -0.15) is 0 Å². The second kappa shape index (κ2) is 5.48. The number of hydrogen-bond acceptors (Lipinski definition) is 3. The molecule has 0 atom stereocenters. The number of rotatable bonds is 5. The number of halogens is 1. The summed E-state index contributed by atoms with van der Waals surface area (Å²) in [6.45, 7) is 4.81. The molecule has 0 bridgehead atoms. The Bertz CT molecular complexity index is 380. The van der Waals surface area contributed by atoms with E-state index in [0.29, 0.717) is 18.1 Å². The third-order valence-corrected chi connectivity index (χ3v) is 2.20. The summed E-state index contributed by atoms with van der Waals surface area (Å²) in [4.78, 5) is 9.98. The number of non-ortho nitro benzene ring substituents is 1. The molecule has 0 spiro atoms. The summed E-state index contributed by atoms with van der Waals surface area (Å²) in [5, 5.41) is 13.9. The first-order chi connectivity index (χ1) is 7.15. The van der Waals surface area contributed by atoms with E-state index in [0.717, 1.165) is 5.56 Å². The minimum atomic E-state index is -0.465. The lowest BCUT2D eigenvalue weighted by atomic mass is 10.2. The lowest BCUT2D eigenvalue weighted by molar-refractivity contribution is -0.384. The Balaban J connectivity index is 2.74. The highest BCUT2D eigenvalue weighted by Crippen LogP contribution is 2.22. The van der Waals surface area contributed by atoms with Gasteiger partial charge in [0.25, 0.3) is 5.69 Å². The van der Waals surface area contributed by atoms with Gasteiger partial charge in [0.15, 0.2) is 0 Å². The van der Waals surface area contributed by atoms with E-state index in [-0.39, 0.29) is 5.69 Å². The molecule has 0 amide bonds. The molecule has 1 aromatic rings. The highest BCUT2D eigenvalue weighted by Gasteiger charge is 2.08. The molecule has 15 heavy (non-hydrogen) atoms. The maximum absolute atomic E-state index is 10.4. The van der Waals surface area contributed by atoms with E-state index in [1.165, 1.54) is 12.1 Å². The number of hydrogen-bond donors (Lipinski definition) is 1. The van der Waals surface area contributed by atoms with Crippen LogP contribution in [0.25, 0.3) is 0 Å². The SMILES string of the molecule is C=CCNCc1ccc([N+](=O)[O-])cc1Cl. The van der Waals surface area contributed by atoms with Crippen molar-refractivity contribution < 1.29 is 4.92 Å². The number of nitrogens with zero attached hydrogens (tertiary/aromatic N) is 1. The van der Waals surface area contributed by atoms with Gasteiger partial charge in [-0.3, -0.25) is 10.1 Å². The van der Waals surface area contributed by atoms with Gasteiger partial charge in [-0.1, -0.05) is 17.7 Å². The number of nitro benzene ring substituents is 1. The molecule has 0 saturated carbocycles. The van der Waals surface area contributed by atoms with Crippen molar-refractivity contribution >= 4 is 17.3 Å². The van der Waals surface area contributed by atoms with Gasteiger partial charge in [-0.15, -0.1) is 6.58 Å². The summed E-state index contributed by atoms with van der Waals surface area (Å²) in [7, 11) is 0. The molecule has 0 radical (unpaired) electrons. The molecular formula is C10H11ClN2O2. The molecule has 1 aromatic carbocycles. The van der Waals surface area contributed by atoms with Crippen LogP contribution in [0.3, 0.4) is 0 Å². The first-order valence-electron chi connectivity index (χ1n) is 4.39. The average Bonchev–Trinajstić information content (AvgIpc) is 2.20. The maximum Gasteiger partial charge on any atom is 0.270 e. The quantitative estimate of drug-likeness (QED) is 0.363. The first kappa shape index (κ1) is 11.7. The van der Waals surface area contributed by atoms with E-state index < -0.39 is 4.92 Å². The third-order valence-electron chi connectivity index (χ3n) is 1.85. The molecule has 80 valence electrons. The first-order valence-corrected chi connectivity index (χ1v) is 4.77. The molecular weight excluding hydrogens is 216 g/mol. The fourth-order valence-corrected chi connectivity index (χ4v) is 1.34. The van der Waals surface area contributed by atoms with Crippen LogP contribution in [0.2, 0.25) is 5.02 Å². The van der Waals surface area contributed by atoms with Crippen LogP contribution < -0.4 is 5.32 Å². The Morgan fingerprint density at radius 1 is 1.60 bits per heavy atom. The Kier molecular flexibility index (Phi) is 4.27. The normalized spacial score (nSPS) is 9.93. The van der Waals surface area contributed by atoms with Gasteiger partial charge in [-0.25, -0.2) is 0 Å². The van der Waals surface area contributed by atoms with E-state index in [1.54, 1.807) is 12.1 Å². The van der Waals surface area contributed by atoms with Gasteiger partial charge < -0.3 is 5.32 Å². The fourth-order valence-electron chi connectivity index (χ4n) is 1.10. The lowest BCUT2D eigenvalue weighted by Crippen LogP contribution is -2.12. The standard InChI is InChI=1S/C10H11ClN2O2/c1-2-5-12-7-8-3-4-9(13(14)15)6-10(8)11/h2-4,6,12H,1,5,7H2. The molecule has 5 heteroatoms. The van der Waals surface area contributed by atoms with Gasteiger partial charge in [0, 0.05) is 25.2 Å². The van der Waals surface area contributed by atoms with Gasteiger partial charge in [0.1, 0.15) is 0 Å². The Morgan fingerprint density at radius 2 is 2.33 bits per heavy atom. The van der Waals surface area contributed by atoms with E-state index in [2.05, 4.69) is 11.9 Å². The molecule has 1 N–H and O–H groups in total. The molecule has 0 saturated heterocycles. The summed E-state index contributed by atoms with van der Waals surface area (Å²) >= 11 is 5.88. The van der Waals surface area contributed by atoms with Crippen molar-refractivity contribution in [3.8, 4) is 0 Å². The molecule has 0 heterocycles. The molecule has 0 aliphatic carbocycles. The van der Waals surface area contributed by atoms with Crippen LogP contribution in [0.4, 0.5) is 5.69 Å². The van der Waals surface area contributed by atoms with Crippen LogP contribution in [0.5, 0.6) is 0 Å². The zero-order valence-corrected chi connectivity index (χ0v) is 8.83.